The summed E-state index contributed by atoms with van der Waals surface area (Å²) in [5, 5.41) is 1.57. The van der Waals surface area contributed by atoms with E-state index in [2.05, 4.69) is 4.98 Å². The normalized spacial score (nSPS) is 11.5. The molecule has 0 saturated heterocycles. The number of hydrogen-bond acceptors (Lipinski definition) is 4. The molecule has 7 heteroatoms. The van der Waals surface area contributed by atoms with E-state index in [0.717, 1.165) is 11.3 Å². The summed E-state index contributed by atoms with van der Waals surface area (Å²) >= 11 is 0.958. The molecule has 0 unspecified atom stereocenters. The molecular weight excluding hydrogens is 255 g/mol. The summed E-state index contributed by atoms with van der Waals surface area (Å²) in [6, 6.07) is 0. The van der Waals surface area contributed by atoms with Crippen LogP contribution < -0.4 is 0 Å². The average Bonchev–Trinajstić information content (AvgIpc) is 2.60. The van der Waals surface area contributed by atoms with Gasteiger partial charge >= 0.3 is 12.1 Å². The first-order valence-corrected chi connectivity index (χ1v) is 5.94. The molecule has 1 aromatic heterocycles. The highest BCUT2D eigenvalue weighted by molar-refractivity contribution is 7.09. The van der Waals surface area contributed by atoms with Crippen LogP contribution in [-0.2, 0) is 22.4 Å². The van der Waals surface area contributed by atoms with Crippen LogP contribution in [0.15, 0.2) is 5.38 Å². The van der Waals surface area contributed by atoms with E-state index >= 15 is 0 Å². The Balaban J connectivity index is 2.43. The number of aryl methyl sites for hydroxylation is 1. The molecule has 0 radical (unpaired) electrons. The molecule has 3 nitrogen and oxygen atoms in total. The summed E-state index contributed by atoms with van der Waals surface area (Å²) in [6.45, 7) is 2.00. The van der Waals surface area contributed by atoms with Crippen molar-refractivity contribution in [1.82, 2.24) is 4.98 Å². The first-order chi connectivity index (χ1) is 7.90. The monoisotopic (exact) mass is 267 g/mol. The van der Waals surface area contributed by atoms with Crippen LogP contribution >= 0.6 is 11.3 Å². The van der Waals surface area contributed by atoms with Crippen LogP contribution in [0.1, 0.15) is 24.0 Å². The Kier molecular flexibility index (Phi) is 4.92. The Hall–Kier alpha value is -1.11. The molecule has 0 N–H and O–H groups in total. The van der Waals surface area contributed by atoms with E-state index in [1.54, 1.807) is 12.3 Å². The second kappa shape index (κ2) is 6.00. The van der Waals surface area contributed by atoms with Crippen molar-refractivity contribution in [1.29, 1.82) is 0 Å². The van der Waals surface area contributed by atoms with Crippen molar-refractivity contribution in [2.75, 3.05) is 6.61 Å². The van der Waals surface area contributed by atoms with Crippen molar-refractivity contribution in [3.8, 4) is 0 Å². The third kappa shape index (κ3) is 5.67. The van der Waals surface area contributed by atoms with Crippen molar-refractivity contribution < 1.29 is 22.7 Å². The van der Waals surface area contributed by atoms with E-state index in [1.807, 2.05) is 0 Å². The Morgan fingerprint density at radius 2 is 2.24 bits per heavy atom. The third-order valence-corrected chi connectivity index (χ3v) is 2.74. The summed E-state index contributed by atoms with van der Waals surface area (Å²) < 4.78 is 40.9. The number of aromatic nitrogens is 1. The van der Waals surface area contributed by atoms with Gasteiger partial charge in [0.25, 0.3) is 0 Å². The van der Waals surface area contributed by atoms with E-state index in [4.69, 9.17) is 4.74 Å². The van der Waals surface area contributed by atoms with Gasteiger partial charge in [-0.25, -0.2) is 4.98 Å². The van der Waals surface area contributed by atoms with Crippen molar-refractivity contribution in [2.24, 2.45) is 0 Å². The van der Waals surface area contributed by atoms with Gasteiger partial charge in [-0.3, -0.25) is 4.79 Å². The molecule has 0 aliphatic carbocycles. The molecule has 0 fully saturated rings. The summed E-state index contributed by atoms with van der Waals surface area (Å²) in [5.41, 5.74) is 0.502. The lowest BCUT2D eigenvalue weighted by molar-refractivity contribution is -0.143. The van der Waals surface area contributed by atoms with Crippen LogP contribution in [0.4, 0.5) is 13.2 Å². The van der Waals surface area contributed by atoms with Crippen LogP contribution in [-0.4, -0.2) is 23.7 Å². The van der Waals surface area contributed by atoms with Crippen LogP contribution in [0.2, 0.25) is 0 Å². The minimum atomic E-state index is -4.24. The fourth-order valence-corrected chi connectivity index (χ4v) is 2.04. The number of hydrogen-bond donors (Lipinski definition) is 0. The van der Waals surface area contributed by atoms with E-state index in [9.17, 15) is 18.0 Å². The number of carbonyl (C=O) groups is 1. The molecule has 0 aromatic carbocycles. The van der Waals surface area contributed by atoms with Crippen molar-refractivity contribution in [3.05, 3.63) is 16.1 Å². The van der Waals surface area contributed by atoms with Gasteiger partial charge in [0.15, 0.2) is 0 Å². The minimum Gasteiger partial charge on any atom is -0.466 e. The van der Waals surface area contributed by atoms with Crippen LogP contribution in [0.25, 0.3) is 0 Å². The fraction of sp³-hybridized carbons (Fsp3) is 0.600. The van der Waals surface area contributed by atoms with Crippen LogP contribution in [0.5, 0.6) is 0 Å². The van der Waals surface area contributed by atoms with E-state index < -0.39 is 12.6 Å². The molecule has 96 valence electrons. The molecule has 0 amide bonds. The zero-order valence-electron chi connectivity index (χ0n) is 9.21. The lowest BCUT2D eigenvalue weighted by Gasteiger charge is -2.02. The number of alkyl halides is 3. The second-order valence-corrected chi connectivity index (χ2v) is 4.27. The number of ether oxygens (including phenoxy) is 1. The predicted molar refractivity (Wildman–Crippen MR) is 56.8 cm³/mol. The number of rotatable bonds is 5. The summed E-state index contributed by atoms with van der Waals surface area (Å²) in [6.07, 6.45) is -4.80. The highest BCUT2D eigenvalue weighted by atomic mass is 32.1. The standard InChI is InChI=1S/C10H12F3NO2S/c1-2-16-9(15)4-3-7-6-17-8(14-7)5-10(11,12)13/h6H,2-5H2,1H3. The van der Waals surface area contributed by atoms with E-state index in [-0.39, 0.29) is 17.4 Å². The predicted octanol–water partition coefficient (Wildman–Crippen LogP) is 2.74. The second-order valence-electron chi connectivity index (χ2n) is 3.33. The maximum Gasteiger partial charge on any atom is 0.395 e. The first kappa shape index (κ1) is 14.0. The summed E-state index contributed by atoms with van der Waals surface area (Å²) in [5.74, 6) is -0.363. The minimum absolute atomic E-state index is 0.0244. The Morgan fingerprint density at radius 1 is 1.53 bits per heavy atom. The van der Waals surface area contributed by atoms with Crippen molar-refractivity contribution >= 4 is 17.3 Å². The molecule has 0 aliphatic heterocycles. The lowest BCUT2D eigenvalue weighted by atomic mass is 10.2. The van der Waals surface area contributed by atoms with Crippen LogP contribution in [0.3, 0.4) is 0 Å². The van der Waals surface area contributed by atoms with Crippen molar-refractivity contribution in [2.45, 2.75) is 32.4 Å². The quantitative estimate of drug-likeness (QED) is 0.770. The van der Waals surface area contributed by atoms with Gasteiger partial charge in [0.1, 0.15) is 5.01 Å². The molecule has 0 atom stereocenters. The molecule has 0 saturated carbocycles. The Bertz CT molecular complexity index is 376. The van der Waals surface area contributed by atoms with Gasteiger partial charge in [-0.05, 0) is 6.92 Å². The SMILES string of the molecule is CCOC(=O)CCc1csc(CC(F)(F)F)n1. The largest absolute Gasteiger partial charge is 0.466 e. The summed E-state index contributed by atoms with van der Waals surface area (Å²) in [4.78, 5) is 14.8. The number of thiazole rings is 1. The average molecular weight is 267 g/mol. The number of halogens is 3. The van der Waals surface area contributed by atoms with Gasteiger partial charge in [-0.1, -0.05) is 0 Å². The highest BCUT2D eigenvalue weighted by Crippen LogP contribution is 2.23. The molecule has 1 aromatic rings. The van der Waals surface area contributed by atoms with Gasteiger partial charge in [-0.2, -0.15) is 13.2 Å². The molecular formula is C10H12F3NO2S. The molecule has 0 aliphatic rings. The van der Waals surface area contributed by atoms with Gasteiger partial charge in [0.2, 0.25) is 0 Å². The highest BCUT2D eigenvalue weighted by Gasteiger charge is 2.29. The lowest BCUT2D eigenvalue weighted by Crippen LogP contribution is -2.11. The van der Waals surface area contributed by atoms with Gasteiger partial charge in [0.05, 0.1) is 25.1 Å². The van der Waals surface area contributed by atoms with Crippen molar-refractivity contribution in [3.63, 3.8) is 0 Å². The maximum absolute atomic E-state index is 12.1. The summed E-state index contributed by atoms with van der Waals surface area (Å²) in [7, 11) is 0. The number of nitrogens with zero attached hydrogens (tertiary/aromatic N) is 1. The molecule has 0 spiro atoms. The molecule has 0 bridgehead atoms. The topological polar surface area (TPSA) is 39.2 Å². The van der Waals surface area contributed by atoms with E-state index in [1.165, 1.54) is 0 Å². The Morgan fingerprint density at radius 3 is 2.82 bits per heavy atom. The number of esters is 1. The molecule has 1 heterocycles. The van der Waals surface area contributed by atoms with E-state index in [0.29, 0.717) is 18.7 Å². The molecule has 1 rings (SSSR count). The first-order valence-electron chi connectivity index (χ1n) is 5.06. The van der Waals surface area contributed by atoms with Gasteiger partial charge in [-0.15, -0.1) is 11.3 Å². The molecule has 17 heavy (non-hydrogen) atoms. The smallest absolute Gasteiger partial charge is 0.395 e. The third-order valence-electron chi connectivity index (χ3n) is 1.84. The number of carbonyl (C=O) groups excluding carboxylic acids is 1. The Labute approximate surface area is 101 Å². The van der Waals surface area contributed by atoms with Gasteiger partial charge in [0, 0.05) is 11.8 Å². The van der Waals surface area contributed by atoms with Gasteiger partial charge < -0.3 is 4.74 Å². The van der Waals surface area contributed by atoms with Crippen LogP contribution in [0, 0.1) is 0 Å². The zero-order valence-corrected chi connectivity index (χ0v) is 10.0. The maximum atomic E-state index is 12.1. The zero-order chi connectivity index (χ0) is 12.9. The fourth-order valence-electron chi connectivity index (χ4n) is 1.18.